The van der Waals surface area contributed by atoms with Gasteiger partial charge in [0.15, 0.2) is 0 Å². The predicted octanol–water partition coefficient (Wildman–Crippen LogP) is 5.67. The van der Waals surface area contributed by atoms with Crippen molar-refractivity contribution in [3.05, 3.63) is 53.9 Å². The van der Waals surface area contributed by atoms with E-state index in [1.54, 1.807) is 0 Å². The molecule has 2 atom stereocenters. The predicted molar refractivity (Wildman–Crippen MR) is 110 cm³/mol. The van der Waals surface area contributed by atoms with E-state index in [2.05, 4.69) is 22.2 Å². The number of rotatable bonds is 5. The van der Waals surface area contributed by atoms with Crippen molar-refractivity contribution in [2.45, 2.75) is 38.7 Å². The van der Waals surface area contributed by atoms with Gasteiger partial charge in [-0.25, -0.2) is 22.5 Å². The molecule has 0 saturated carbocycles. The highest BCUT2D eigenvalue weighted by Gasteiger charge is 2.31. The monoisotopic (exact) mass is 433 g/mol. The highest BCUT2D eigenvalue weighted by Crippen LogP contribution is 2.35. The van der Waals surface area contributed by atoms with Crippen molar-refractivity contribution < 1.29 is 22.3 Å². The molecule has 4 nitrogen and oxygen atoms in total. The molecule has 4 rings (SSSR count). The van der Waals surface area contributed by atoms with Crippen LogP contribution < -0.4 is 10.1 Å². The summed E-state index contributed by atoms with van der Waals surface area (Å²) in [5.74, 6) is -1.21. The van der Waals surface area contributed by atoms with Crippen LogP contribution in [0.3, 0.4) is 0 Å². The fourth-order valence-corrected chi connectivity index (χ4v) is 4.24. The van der Waals surface area contributed by atoms with Crippen molar-refractivity contribution in [2.24, 2.45) is 5.92 Å². The fraction of sp³-hybridized carbons (Fsp3) is 0.391. The first-order valence-corrected chi connectivity index (χ1v) is 10.2. The number of nitrogens with one attached hydrogen (secondary N) is 1. The molecule has 1 saturated heterocycles. The molecule has 1 unspecified atom stereocenters. The van der Waals surface area contributed by atoms with Gasteiger partial charge in [0.1, 0.15) is 18.2 Å². The maximum absolute atomic E-state index is 14.5. The fourth-order valence-electron chi connectivity index (χ4n) is 4.24. The first-order valence-electron chi connectivity index (χ1n) is 10.2. The van der Waals surface area contributed by atoms with Crippen LogP contribution in [-0.2, 0) is 0 Å². The van der Waals surface area contributed by atoms with Crippen LogP contribution in [0.5, 0.6) is 5.88 Å². The lowest BCUT2D eigenvalue weighted by atomic mass is 9.85. The van der Waals surface area contributed by atoms with Gasteiger partial charge in [-0.2, -0.15) is 0 Å². The van der Waals surface area contributed by atoms with Crippen LogP contribution >= 0.6 is 0 Å². The second-order valence-electron chi connectivity index (χ2n) is 8.43. The topological polar surface area (TPSA) is 47.0 Å². The Bertz CT molecular complexity index is 1110. The van der Waals surface area contributed by atoms with Crippen LogP contribution in [0.1, 0.15) is 38.7 Å². The van der Waals surface area contributed by atoms with Gasteiger partial charge in [-0.1, -0.05) is 6.92 Å². The molecular formula is C23H23F4N3O. The van der Waals surface area contributed by atoms with E-state index in [0.717, 1.165) is 31.5 Å². The molecule has 8 heteroatoms. The van der Waals surface area contributed by atoms with Crippen molar-refractivity contribution in [3.8, 4) is 17.0 Å². The van der Waals surface area contributed by atoms with Gasteiger partial charge in [0.25, 0.3) is 6.43 Å². The van der Waals surface area contributed by atoms with Gasteiger partial charge in [-0.15, -0.1) is 0 Å². The van der Waals surface area contributed by atoms with E-state index in [1.807, 2.05) is 6.92 Å². The zero-order valence-corrected chi connectivity index (χ0v) is 17.3. The van der Waals surface area contributed by atoms with Crippen LogP contribution in [0, 0.1) is 17.6 Å². The molecule has 164 valence electrons. The van der Waals surface area contributed by atoms with Gasteiger partial charge in [0.2, 0.25) is 5.88 Å². The summed E-state index contributed by atoms with van der Waals surface area (Å²) in [6, 6.07) is 4.57. The van der Waals surface area contributed by atoms with Crippen molar-refractivity contribution in [3.63, 3.8) is 0 Å². The number of pyridine rings is 2. The Morgan fingerprint density at radius 3 is 2.77 bits per heavy atom. The first kappa shape index (κ1) is 21.5. The van der Waals surface area contributed by atoms with Crippen LogP contribution in [0.25, 0.3) is 22.0 Å². The van der Waals surface area contributed by atoms with Crippen LogP contribution in [0.2, 0.25) is 0 Å². The summed E-state index contributed by atoms with van der Waals surface area (Å²) in [7, 11) is 0. The average molecular weight is 433 g/mol. The van der Waals surface area contributed by atoms with E-state index in [0.29, 0.717) is 11.5 Å². The lowest BCUT2D eigenvalue weighted by molar-refractivity contribution is 0.119. The lowest BCUT2D eigenvalue weighted by Crippen LogP contribution is -2.52. The van der Waals surface area contributed by atoms with Crippen LogP contribution in [0.15, 0.2) is 36.7 Å². The summed E-state index contributed by atoms with van der Waals surface area (Å²) in [4.78, 5) is 8.10. The minimum atomic E-state index is -2.83. The van der Waals surface area contributed by atoms with E-state index in [-0.39, 0.29) is 40.1 Å². The number of ether oxygens (including phenoxy) is 1. The Kier molecular flexibility index (Phi) is 5.83. The van der Waals surface area contributed by atoms with Crippen molar-refractivity contribution in [1.29, 1.82) is 0 Å². The molecule has 1 aliphatic rings. The maximum atomic E-state index is 14.5. The van der Waals surface area contributed by atoms with Gasteiger partial charge in [-0.05, 0) is 49.9 Å². The number of hydrogen-bond donors (Lipinski definition) is 1. The molecule has 0 spiro atoms. The normalized spacial score (nSPS) is 21.6. The quantitative estimate of drug-likeness (QED) is 0.527. The van der Waals surface area contributed by atoms with Crippen molar-refractivity contribution >= 4 is 10.9 Å². The molecule has 2 aromatic heterocycles. The summed E-state index contributed by atoms with van der Waals surface area (Å²) in [5.41, 5.74) is -0.0301. The zero-order chi connectivity index (χ0) is 22.2. The molecular weight excluding hydrogens is 410 g/mol. The van der Waals surface area contributed by atoms with Gasteiger partial charge < -0.3 is 10.1 Å². The van der Waals surface area contributed by atoms with E-state index >= 15 is 0 Å². The van der Waals surface area contributed by atoms with E-state index in [4.69, 9.17) is 4.74 Å². The molecule has 3 heterocycles. The largest absolute Gasteiger partial charge is 0.475 e. The van der Waals surface area contributed by atoms with E-state index in [9.17, 15) is 17.6 Å². The van der Waals surface area contributed by atoms with Crippen LogP contribution in [0.4, 0.5) is 17.6 Å². The van der Waals surface area contributed by atoms with E-state index < -0.39 is 18.1 Å². The standard InChI is InChI=1S/C23H23F4N3O/c1-13-3-6-30-23(2,10-13)12-31-22-17(21(26)27)7-14(11-29-22)16-4-5-28-19-9-15(24)8-18(25)20(16)19/h4-5,7-9,11,13,21,30H,3,6,10,12H2,1-2H3/t13?,23-/m1/s1. The number of halogens is 4. The number of aromatic nitrogens is 2. The molecule has 0 aliphatic carbocycles. The van der Waals surface area contributed by atoms with Gasteiger partial charge in [-0.3, -0.25) is 4.98 Å². The number of piperidine rings is 1. The molecule has 1 N–H and O–H groups in total. The van der Waals surface area contributed by atoms with Gasteiger partial charge >= 0.3 is 0 Å². The third kappa shape index (κ3) is 4.49. The molecule has 0 bridgehead atoms. The second kappa shape index (κ2) is 8.42. The number of benzene rings is 1. The molecule has 1 aromatic carbocycles. The summed E-state index contributed by atoms with van der Waals surface area (Å²) >= 11 is 0. The maximum Gasteiger partial charge on any atom is 0.269 e. The Hall–Kier alpha value is -2.74. The molecule has 3 aromatic rings. The van der Waals surface area contributed by atoms with E-state index in [1.165, 1.54) is 24.5 Å². The molecule has 31 heavy (non-hydrogen) atoms. The second-order valence-corrected chi connectivity index (χ2v) is 8.43. The summed E-state index contributed by atoms with van der Waals surface area (Å²) in [6.07, 6.45) is 1.83. The molecule has 0 radical (unpaired) electrons. The molecule has 0 amide bonds. The van der Waals surface area contributed by atoms with Crippen molar-refractivity contribution in [2.75, 3.05) is 13.2 Å². The summed E-state index contributed by atoms with van der Waals surface area (Å²) < 4.78 is 61.3. The smallest absolute Gasteiger partial charge is 0.269 e. The minimum Gasteiger partial charge on any atom is -0.475 e. The number of nitrogens with zero attached hydrogens (tertiary/aromatic N) is 2. The Balaban J connectivity index is 1.68. The molecule has 1 fully saturated rings. The lowest BCUT2D eigenvalue weighted by Gasteiger charge is -2.37. The number of fused-ring (bicyclic) bond motifs is 1. The Morgan fingerprint density at radius 2 is 2.03 bits per heavy atom. The number of hydrogen-bond acceptors (Lipinski definition) is 4. The minimum absolute atomic E-state index is 0.0486. The third-order valence-corrected chi connectivity index (χ3v) is 5.70. The zero-order valence-electron chi connectivity index (χ0n) is 17.3. The number of alkyl halides is 2. The third-order valence-electron chi connectivity index (χ3n) is 5.70. The highest BCUT2D eigenvalue weighted by atomic mass is 19.3. The summed E-state index contributed by atoms with van der Waals surface area (Å²) in [6.45, 7) is 5.21. The first-order chi connectivity index (χ1) is 14.8. The van der Waals surface area contributed by atoms with Crippen LogP contribution in [-0.4, -0.2) is 28.7 Å². The van der Waals surface area contributed by atoms with Gasteiger partial charge in [0.05, 0.1) is 11.1 Å². The average Bonchev–Trinajstić information content (AvgIpc) is 2.71. The van der Waals surface area contributed by atoms with Crippen molar-refractivity contribution in [1.82, 2.24) is 15.3 Å². The van der Waals surface area contributed by atoms with Gasteiger partial charge in [0, 0.05) is 41.0 Å². The molecule has 1 aliphatic heterocycles. The Labute approximate surface area is 177 Å². The summed E-state index contributed by atoms with van der Waals surface area (Å²) in [5, 5.41) is 3.44. The highest BCUT2D eigenvalue weighted by molar-refractivity contribution is 5.94. The SMILES string of the molecule is CC1CCN[C@@](C)(COc2ncc(-c3ccnc4cc(F)cc(F)c34)cc2C(F)F)C1. The Morgan fingerprint density at radius 1 is 1.23 bits per heavy atom.